The van der Waals surface area contributed by atoms with Crippen LogP contribution in [0, 0.1) is 17.0 Å². The number of hydrogen-bond donors (Lipinski definition) is 0. The number of nitrogens with zero attached hydrogens (tertiary/aromatic N) is 3. The summed E-state index contributed by atoms with van der Waals surface area (Å²) >= 11 is 5.85. The lowest BCUT2D eigenvalue weighted by atomic mass is 10.2. The minimum absolute atomic E-state index is 0.0122. The number of nitro benzene ring substituents is 1. The molecule has 1 aromatic heterocycles. The largest absolute Gasteiger partial charge is 0.464 e. The summed E-state index contributed by atoms with van der Waals surface area (Å²) in [4.78, 5) is 25.1. The quantitative estimate of drug-likeness (QED) is 0.253. The fourth-order valence-electron chi connectivity index (χ4n) is 3.46. The van der Waals surface area contributed by atoms with E-state index in [4.69, 9.17) is 20.8 Å². The Kier molecular flexibility index (Phi) is 9.21. The van der Waals surface area contributed by atoms with E-state index in [1.54, 1.807) is 19.1 Å². The molecule has 3 rings (SSSR count). The standard InChI is InChI=1S/C24H26ClN3O7S/c1-18-8-9-20(35-18)16-26(15-19-6-4-3-5-7-19)24(29)17-27(12-13-34-2)36(32,33)21-10-11-22(25)23(14-21)28(30)31/h3-11,14H,12-13,15-17H2,1-2H3. The number of benzene rings is 2. The van der Waals surface area contributed by atoms with Crippen molar-refractivity contribution in [2.45, 2.75) is 24.9 Å². The topological polar surface area (TPSA) is 123 Å². The van der Waals surface area contributed by atoms with E-state index in [9.17, 15) is 23.3 Å². The number of amides is 1. The number of aryl methyl sites for hydroxylation is 1. The first kappa shape index (κ1) is 27.3. The van der Waals surface area contributed by atoms with Gasteiger partial charge in [0.05, 0.1) is 29.5 Å². The van der Waals surface area contributed by atoms with Crippen molar-refractivity contribution in [2.75, 3.05) is 26.8 Å². The Bertz CT molecular complexity index is 1310. The maximum Gasteiger partial charge on any atom is 0.289 e. The molecule has 12 heteroatoms. The van der Waals surface area contributed by atoms with Gasteiger partial charge < -0.3 is 14.1 Å². The van der Waals surface area contributed by atoms with E-state index in [2.05, 4.69) is 0 Å². The lowest BCUT2D eigenvalue weighted by Gasteiger charge is -2.27. The van der Waals surface area contributed by atoms with Crippen molar-refractivity contribution in [2.24, 2.45) is 0 Å². The number of methoxy groups -OCH3 is 1. The van der Waals surface area contributed by atoms with E-state index in [-0.39, 0.29) is 36.2 Å². The number of carbonyl (C=O) groups is 1. The molecule has 0 N–H and O–H groups in total. The van der Waals surface area contributed by atoms with Crippen LogP contribution in [0.15, 0.2) is 70.0 Å². The molecule has 0 aliphatic rings. The fraction of sp³-hybridized carbons (Fsp3) is 0.292. The predicted molar refractivity (Wildman–Crippen MR) is 133 cm³/mol. The van der Waals surface area contributed by atoms with Gasteiger partial charge in [-0.05, 0) is 36.8 Å². The summed E-state index contributed by atoms with van der Waals surface area (Å²) in [6.07, 6.45) is 0. The van der Waals surface area contributed by atoms with E-state index in [1.807, 2.05) is 30.3 Å². The van der Waals surface area contributed by atoms with Crippen LogP contribution in [0.5, 0.6) is 0 Å². The molecule has 0 bridgehead atoms. The number of sulfonamides is 1. The van der Waals surface area contributed by atoms with Crippen molar-refractivity contribution < 1.29 is 27.3 Å². The molecule has 192 valence electrons. The van der Waals surface area contributed by atoms with Crippen molar-refractivity contribution in [3.05, 3.63) is 92.9 Å². The summed E-state index contributed by atoms with van der Waals surface area (Å²) in [5.74, 6) is 0.762. The Morgan fingerprint density at radius 2 is 1.83 bits per heavy atom. The van der Waals surface area contributed by atoms with Crippen LogP contribution in [-0.2, 0) is 32.6 Å². The average molecular weight is 536 g/mol. The van der Waals surface area contributed by atoms with Crippen LogP contribution in [0.4, 0.5) is 5.69 Å². The van der Waals surface area contributed by atoms with Gasteiger partial charge in [0.2, 0.25) is 15.9 Å². The van der Waals surface area contributed by atoms with Crippen LogP contribution in [0.1, 0.15) is 17.1 Å². The molecular formula is C24H26ClN3O7S. The van der Waals surface area contributed by atoms with Crippen LogP contribution in [-0.4, -0.2) is 55.3 Å². The number of furan rings is 1. The summed E-state index contributed by atoms with van der Waals surface area (Å²) in [5, 5.41) is 11.1. The van der Waals surface area contributed by atoms with Crippen LogP contribution in [0.25, 0.3) is 0 Å². The molecule has 0 saturated carbocycles. The molecule has 0 fully saturated rings. The van der Waals surface area contributed by atoms with Crippen LogP contribution in [0.3, 0.4) is 0 Å². The van der Waals surface area contributed by atoms with E-state index >= 15 is 0 Å². The van der Waals surface area contributed by atoms with Crippen molar-refractivity contribution in [1.82, 2.24) is 9.21 Å². The highest BCUT2D eigenvalue weighted by atomic mass is 35.5. The van der Waals surface area contributed by atoms with Crippen molar-refractivity contribution >= 4 is 33.2 Å². The van der Waals surface area contributed by atoms with E-state index < -0.39 is 33.1 Å². The zero-order valence-electron chi connectivity index (χ0n) is 19.8. The average Bonchev–Trinajstić information content (AvgIpc) is 3.26. The monoisotopic (exact) mass is 535 g/mol. The SMILES string of the molecule is COCCN(CC(=O)N(Cc1ccccc1)Cc1ccc(C)o1)S(=O)(=O)c1ccc(Cl)c([N+](=O)[O-])c1. The minimum atomic E-state index is -4.30. The first-order valence-corrected chi connectivity index (χ1v) is 12.7. The van der Waals surface area contributed by atoms with Crippen LogP contribution < -0.4 is 0 Å². The molecule has 2 aromatic carbocycles. The molecule has 3 aromatic rings. The predicted octanol–water partition coefficient (Wildman–Crippen LogP) is 4.02. The normalized spacial score (nSPS) is 11.6. The van der Waals surface area contributed by atoms with E-state index in [0.29, 0.717) is 11.5 Å². The van der Waals surface area contributed by atoms with Gasteiger partial charge in [0, 0.05) is 26.3 Å². The van der Waals surface area contributed by atoms with Gasteiger partial charge in [-0.2, -0.15) is 4.31 Å². The first-order valence-electron chi connectivity index (χ1n) is 10.9. The van der Waals surface area contributed by atoms with E-state index in [0.717, 1.165) is 22.0 Å². The first-order chi connectivity index (χ1) is 17.1. The number of halogens is 1. The molecular weight excluding hydrogens is 510 g/mol. The van der Waals surface area contributed by atoms with Gasteiger partial charge in [-0.1, -0.05) is 41.9 Å². The van der Waals surface area contributed by atoms with Crippen LogP contribution >= 0.6 is 11.6 Å². The molecule has 36 heavy (non-hydrogen) atoms. The molecule has 0 atom stereocenters. The third-order valence-corrected chi connectivity index (χ3v) is 7.48. The summed E-state index contributed by atoms with van der Waals surface area (Å²) in [6, 6.07) is 16.0. The minimum Gasteiger partial charge on any atom is -0.464 e. The number of rotatable bonds is 12. The fourth-order valence-corrected chi connectivity index (χ4v) is 5.04. The lowest BCUT2D eigenvalue weighted by molar-refractivity contribution is -0.384. The molecule has 1 amide bonds. The zero-order chi connectivity index (χ0) is 26.3. The summed E-state index contributed by atoms with van der Waals surface area (Å²) in [6.45, 7) is 1.51. The molecule has 0 aliphatic carbocycles. The highest BCUT2D eigenvalue weighted by molar-refractivity contribution is 7.89. The smallest absolute Gasteiger partial charge is 0.289 e. The van der Waals surface area contributed by atoms with E-state index in [1.165, 1.54) is 18.1 Å². The lowest BCUT2D eigenvalue weighted by Crippen LogP contribution is -2.43. The highest BCUT2D eigenvalue weighted by Gasteiger charge is 2.30. The summed E-state index contributed by atoms with van der Waals surface area (Å²) < 4.78 is 38.5. The molecule has 0 saturated heterocycles. The van der Waals surface area contributed by atoms with Gasteiger partial charge in [-0.15, -0.1) is 0 Å². The third-order valence-electron chi connectivity index (χ3n) is 5.32. The van der Waals surface area contributed by atoms with Gasteiger partial charge >= 0.3 is 0 Å². The molecule has 0 aliphatic heterocycles. The summed E-state index contributed by atoms with van der Waals surface area (Å²) in [5.41, 5.74) is 0.309. The number of ether oxygens (including phenoxy) is 1. The number of nitro groups is 1. The second-order valence-electron chi connectivity index (χ2n) is 7.95. The molecule has 1 heterocycles. The Morgan fingerprint density at radius 3 is 2.44 bits per heavy atom. The number of hydrogen-bond acceptors (Lipinski definition) is 7. The maximum atomic E-state index is 13.4. The molecule has 0 unspecified atom stereocenters. The highest BCUT2D eigenvalue weighted by Crippen LogP contribution is 2.28. The second kappa shape index (κ2) is 12.1. The second-order valence-corrected chi connectivity index (χ2v) is 10.3. The molecule has 0 spiro atoms. The van der Waals surface area contributed by atoms with Gasteiger partial charge in [-0.3, -0.25) is 14.9 Å². The van der Waals surface area contributed by atoms with Crippen molar-refractivity contribution in [3.63, 3.8) is 0 Å². The zero-order valence-corrected chi connectivity index (χ0v) is 21.4. The van der Waals surface area contributed by atoms with Gasteiger partial charge in [0.25, 0.3) is 5.69 Å². The Balaban J connectivity index is 1.91. The van der Waals surface area contributed by atoms with Gasteiger partial charge in [0.1, 0.15) is 16.5 Å². The Labute approximate surface area is 214 Å². The van der Waals surface area contributed by atoms with Gasteiger partial charge in [0.15, 0.2) is 0 Å². The van der Waals surface area contributed by atoms with Crippen molar-refractivity contribution in [1.29, 1.82) is 0 Å². The summed E-state index contributed by atoms with van der Waals surface area (Å²) in [7, 11) is -2.89. The maximum absolute atomic E-state index is 13.4. The Hall–Kier alpha value is -3.25. The molecule has 10 nitrogen and oxygen atoms in total. The Morgan fingerprint density at radius 1 is 1.11 bits per heavy atom. The third kappa shape index (κ3) is 6.91. The van der Waals surface area contributed by atoms with Gasteiger partial charge in [-0.25, -0.2) is 8.42 Å². The van der Waals surface area contributed by atoms with Crippen molar-refractivity contribution in [3.8, 4) is 0 Å². The number of carbonyl (C=O) groups excluding carboxylic acids is 1. The van der Waals surface area contributed by atoms with Crippen LogP contribution in [0.2, 0.25) is 5.02 Å². The molecule has 0 radical (unpaired) electrons.